The number of ether oxygens (including phenoxy) is 1. The first-order chi connectivity index (χ1) is 12.4. The van der Waals surface area contributed by atoms with Gasteiger partial charge in [-0.3, -0.25) is 4.90 Å². The van der Waals surface area contributed by atoms with E-state index in [0.29, 0.717) is 0 Å². The third-order valence-corrected chi connectivity index (χ3v) is 5.13. The van der Waals surface area contributed by atoms with Crippen LogP contribution in [0.4, 0.5) is 5.82 Å². The van der Waals surface area contributed by atoms with Gasteiger partial charge < -0.3 is 9.64 Å². The van der Waals surface area contributed by atoms with Crippen LogP contribution < -0.4 is 4.90 Å². The molecule has 5 heteroatoms. The second-order valence-electron chi connectivity index (χ2n) is 7.01. The highest BCUT2D eigenvalue weighted by Gasteiger charge is 2.26. The van der Waals surface area contributed by atoms with E-state index >= 15 is 0 Å². The van der Waals surface area contributed by atoms with Crippen molar-refractivity contribution in [3.8, 4) is 0 Å². The Balaban J connectivity index is 1.36. The molecule has 5 nitrogen and oxygen atoms in total. The molecule has 0 spiro atoms. The van der Waals surface area contributed by atoms with E-state index in [1.165, 1.54) is 18.5 Å². The van der Waals surface area contributed by atoms with Crippen LogP contribution >= 0.6 is 0 Å². The van der Waals surface area contributed by atoms with E-state index < -0.39 is 0 Å². The lowest BCUT2D eigenvalue weighted by molar-refractivity contribution is 0.0320. The molecule has 0 bridgehead atoms. The van der Waals surface area contributed by atoms with E-state index in [9.17, 15) is 0 Å². The van der Waals surface area contributed by atoms with Gasteiger partial charge in [-0.05, 0) is 24.0 Å². The fraction of sp³-hybridized carbons (Fsp3) is 0.500. The fourth-order valence-electron chi connectivity index (χ4n) is 3.77. The normalized spacial score (nSPS) is 21.6. The highest BCUT2D eigenvalue weighted by Crippen LogP contribution is 2.23. The summed E-state index contributed by atoms with van der Waals surface area (Å²) in [5, 5.41) is 0. The van der Waals surface area contributed by atoms with Crippen molar-refractivity contribution in [3.05, 3.63) is 54.0 Å². The molecule has 3 heterocycles. The van der Waals surface area contributed by atoms with Crippen LogP contribution in [0.25, 0.3) is 0 Å². The molecule has 132 valence electrons. The maximum absolute atomic E-state index is 5.45. The van der Waals surface area contributed by atoms with Crippen molar-refractivity contribution in [1.29, 1.82) is 0 Å². The van der Waals surface area contributed by atoms with E-state index in [0.717, 1.165) is 63.4 Å². The van der Waals surface area contributed by atoms with Crippen molar-refractivity contribution in [2.45, 2.75) is 12.8 Å². The number of hydrogen-bond donors (Lipinski definition) is 0. The smallest absolute Gasteiger partial charge is 0.135 e. The van der Waals surface area contributed by atoms with Gasteiger partial charge in [0.1, 0.15) is 11.6 Å². The van der Waals surface area contributed by atoms with E-state index in [-0.39, 0.29) is 0 Å². The van der Waals surface area contributed by atoms with Gasteiger partial charge in [-0.15, -0.1) is 0 Å². The Bertz CT molecular complexity index is 672. The molecule has 0 N–H and O–H groups in total. The summed E-state index contributed by atoms with van der Waals surface area (Å²) in [5.41, 5.74) is 1.26. The first-order valence-electron chi connectivity index (χ1n) is 9.28. The third-order valence-electron chi connectivity index (χ3n) is 5.13. The van der Waals surface area contributed by atoms with Crippen molar-refractivity contribution < 1.29 is 4.74 Å². The molecule has 1 aromatic heterocycles. The monoisotopic (exact) mass is 338 g/mol. The third kappa shape index (κ3) is 4.35. The second-order valence-corrected chi connectivity index (χ2v) is 7.01. The maximum Gasteiger partial charge on any atom is 0.135 e. The van der Waals surface area contributed by atoms with Crippen LogP contribution in [-0.2, 0) is 11.2 Å². The van der Waals surface area contributed by atoms with Crippen molar-refractivity contribution in [1.82, 2.24) is 14.9 Å². The lowest BCUT2D eigenvalue weighted by Gasteiger charge is -2.29. The number of morpholine rings is 1. The largest absolute Gasteiger partial charge is 0.379 e. The van der Waals surface area contributed by atoms with E-state index in [4.69, 9.17) is 9.72 Å². The second kappa shape index (κ2) is 7.93. The average Bonchev–Trinajstić information content (AvgIpc) is 3.12. The molecule has 25 heavy (non-hydrogen) atoms. The van der Waals surface area contributed by atoms with Crippen molar-refractivity contribution in [2.75, 3.05) is 50.8 Å². The Labute approximate surface area is 149 Å². The minimum absolute atomic E-state index is 0.727. The summed E-state index contributed by atoms with van der Waals surface area (Å²) >= 11 is 0. The van der Waals surface area contributed by atoms with Crippen LogP contribution in [0.5, 0.6) is 0 Å². The predicted octanol–water partition coefficient (Wildman–Crippen LogP) is 2.23. The minimum atomic E-state index is 0.727. The summed E-state index contributed by atoms with van der Waals surface area (Å²) < 4.78 is 5.45. The zero-order chi connectivity index (χ0) is 16.9. The summed E-state index contributed by atoms with van der Waals surface area (Å²) in [4.78, 5) is 14.2. The predicted molar refractivity (Wildman–Crippen MR) is 98.9 cm³/mol. The van der Waals surface area contributed by atoms with Crippen molar-refractivity contribution in [2.24, 2.45) is 5.92 Å². The van der Waals surface area contributed by atoms with Crippen LogP contribution in [0.15, 0.2) is 42.6 Å². The molecule has 0 saturated carbocycles. The molecule has 2 aliphatic rings. The minimum Gasteiger partial charge on any atom is -0.379 e. The lowest BCUT2D eigenvalue weighted by atomic mass is 10.1. The van der Waals surface area contributed by atoms with Gasteiger partial charge in [0, 0.05) is 45.3 Å². The summed E-state index contributed by atoms with van der Waals surface area (Å²) in [6, 6.07) is 12.5. The number of anilines is 1. The Morgan fingerprint density at radius 3 is 2.72 bits per heavy atom. The molecule has 2 aliphatic heterocycles. The molecule has 2 aromatic rings. The molecule has 0 radical (unpaired) electrons. The molecule has 1 unspecified atom stereocenters. The summed E-state index contributed by atoms with van der Waals surface area (Å²) in [6.45, 7) is 7.28. The van der Waals surface area contributed by atoms with Crippen LogP contribution in [0.2, 0.25) is 0 Å². The SMILES string of the molecule is c1ccc(Cc2nccc(N3CCC(CN4CCOCC4)C3)n2)cc1. The summed E-state index contributed by atoms with van der Waals surface area (Å²) in [5.74, 6) is 2.70. The Kier molecular flexibility index (Phi) is 5.23. The molecule has 2 saturated heterocycles. The molecule has 2 fully saturated rings. The van der Waals surface area contributed by atoms with Gasteiger partial charge in [0.25, 0.3) is 0 Å². The highest BCUT2D eigenvalue weighted by molar-refractivity contribution is 5.39. The van der Waals surface area contributed by atoms with Gasteiger partial charge in [0.15, 0.2) is 0 Å². The maximum atomic E-state index is 5.45. The van der Waals surface area contributed by atoms with Crippen molar-refractivity contribution in [3.63, 3.8) is 0 Å². The first kappa shape index (κ1) is 16.5. The summed E-state index contributed by atoms with van der Waals surface area (Å²) in [7, 11) is 0. The van der Waals surface area contributed by atoms with E-state index in [1.807, 2.05) is 18.3 Å². The van der Waals surface area contributed by atoms with Crippen LogP contribution in [0.3, 0.4) is 0 Å². The van der Waals surface area contributed by atoms with Crippen LogP contribution in [0.1, 0.15) is 17.8 Å². The van der Waals surface area contributed by atoms with E-state index in [2.05, 4.69) is 39.0 Å². The first-order valence-corrected chi connectivity index (χ1v) is 9.28. The molecule has 0 aliphatic carbocycles. The number of rotatable bonds is 5. The summed E-state index contributed by atoms with van der Waals surface area (Å²) in [6.07, 6.45) is 3.94. The van der Waals surface area contributed by atoms with Gasteiger partial charge in [-0.1, -0.05) is 30.3 Å². The topological polar surface area (TPSA) is 41.5 Å². The Morgan fingerprint density at radius 2 is 1.88 bits per heavy atom. The van der Waals surface area contributed by atoms with E-state index in [1.54, 1.807) is 0 Å². The molecule has 0 amide bonds. The highest BCUT2D eigenvalue weighted by atomic mass is 16.5. The molecule has 4 rings (SSSR count). The Morgan fingerprint density at radius 1 is 1.04 bits per heavy atom. The number of aromatic nitrogens is 2. The molecule has 1 atom stereocenters. The standard InChI is InChI=1S/C20H26N4O/c1-2-4-17(5-3-1)14-19-21-8-6-20(22-19)24-9-7-18(16-24)15-23-10-12-25-13-11-23/h1-6,8,18H,7,9-16H2. The fourth-order valence-corrected chi connectivity index (χ4v) is 3.77. The zero-order valence-corrected chi connectivity index (χ0v) is 14.7. The van der Waals surface area contributed by atoms with Crippen LogP contribution in [-0.4, -0.2) is 60.8 Å². The zero-order valence-electron chi connectivity index (χ0n) is 14.7. The Hall–Kier alpha value is -1.98. The van der Waals surface area contributed by atoms with Gasteiger partial charge in [-0.2, -0.15) is 0 Å². The number of nitrogens with zero attached hydrogens (tertiary/aromatic N) is 4. The molecular formula is C20H26N4O. The average molecular weight is 338 g/mol. The number of benzene rings is 1. The van der Waals surface area contributed by atoms with Crippen molar-refractivity contribution >= 4 is 5.82 Å². The molecular weight excluding hydrogens is 312 g/mol. The quantitative estimate of drug-likeness (QED) is 0.836. The van der Waals surface area contributed by atoms with Crippen LogP contribution in [0, 0.1) is 5.92 Å². The molecule has 1 aromatic carbocycles. The van der Waals surface area contributed by atoms with Gasteiger partial charge in [0.05, 0.1) is 13.2 Å². The lowest BCUT2D eigenvalue weighted by Crippen LogP contribution is -2.39. The number of hydrogen-bond acceptors (Lipinski definition) is 5. The van der Waals surface area contributed by atoms with Gasteiger partial charge in [-0.25, -0.2) is 9.97 Å². The van der Waals surface area contributed by atoms with Gasteiger partial charge >= 0.3 is 0 Å². The van der Waals surface area contributed by atoms with Gasteiger partial charge in [0.2, 0.25) is 0 Å².